The van der Waals surface area contributed by atoms with E-state index in [1.165, 1.54) is 23.3 Å². The lowest BCUT2D eigenvalue weighted by atomic mass is 9.90. The lowest BCUT2D eigenvalue weighted by molar-refractivity contribution is -0.903. The molecule has 344 valence electrons. The van der Waals surface area contributed by atoms with E-state index in [4.69, 9.17) is 9.47 Å². The number of para-hydroxylation sites is 2. The molecule has 0 aliphatic heterocycles. The second-order valence-corrected chi connectivity index (χ2v) is 17.6. The molecule has 0 saturated heterocycles. The van der Waals surface area contributed by atoms with Crippen molar-refractivity contribution >= 4 is 33.5 Å². The minimum atomic E-state index is -1.35. The largest absolute Gasteiger partial charge is 0.872 e. The molecule has 0 amide bonds. The predicted molar refractivity (Wildman–Crippen MR) is 262 cm³/mol. The van der Waals surface area contributed by atoms with Crippen LogP contribution in [0.1, 0.15) is 43.0 Å². The molecule has 8 aromatic carbocycles. The van der Waals surface area contributed by atoms with E-state index in [2.05, 4.69) is 88.9 Å². The van der Waals surface area contributed by atoms with Crippen molar-refractivity contribution in [1.82, 2.24) is 0 Å². The number of carboxylic acids is 2. The topological polar surface area (TPSA) is 139 Å². The molecule has 0 radical (unpaired) electrons. The fraction of sp³-hybridized carbons (Fsp3) is 0.193. The van der Waals surface area contributed by atoms with Crippen LogP contribution in [0.25, 0.3) is 21.5 Å². The van der Waals surface area contributed by atoms with E-state index in [1.807, 2.05) is 60.7 Å². The Bertz CT molecular complexity index is 2660. The van der Waals surface area contributed by atoms with Gasteiger partial charge in [-0.1, -0.05) is 157 Å². The summed E-state index contributed by atoms with van der Waals surface area (Å²) in [5, 5.41) is 46.8. The summed E-state index contributed by atoms with van der Waals surface area (Å²) in [6.07, 6.45) is -0.166. The summed E-state index contributed by atoms with van der Waals surface area (Å²) in [6, 6.07) is 57.5. The van der Waals surface area contributed by atoms with Gasteiger partial charge in [0, 0.05) is 11.1 Å². The molecule has 0 aliphatic rings. The van der Waals surface area contributed by atoms with Crippen molar-refractivity contribution in [3.05, 3.63) is 215 Å². The number of carbonyl (C=O) groups is 2. The smallest absolute Gasteiger partial charge is 0.335 e. The fourth-order valence-electron chi connectivity index (χ4n) is 7.82. The van der Waals surface area contributed by atoms with Crippen LogP contribution in [0.15, 0.2) is 182 Å². The van der Waals surface area contributed by atoms with Crippen LogP contribution in [0.2, 0.25) is 0 Å². The number of rotatable bonds is 16. The maximum absolute atomic E-state index is 12.9. The molecule has 0 heterocycles. The average Bonchev–Trinajstić information content (AvgIpc) is 3.31. The minimum absolute atomic E-state index is 0.158. The molecule has 0 saturated carbocycles. The Kier molecular flexibility index (Phi) is 16.7. The van der Waals surface area contributed by atoms with Gasteiger partial charge < -0.3 is 38.9 Å². The number of ether oxygens (including phenoxy) is 2. The van der Waals surface area contributed by atoms with Crippen molar-refractivity contribution in [3.63, 3.8) is 0 Å². The predicted octanol–water partition coefficient (Wildman–Crippen LogP) is 9.81. The maximum Gasteiger partial charge on any atom is 0.335 e. The van der Waals surface area contributed by atoms with Gasteiger partial charge in [0.2, 0.25) is 0 Å². The zero-order valence-electron chi connectivity index (χ0n) is 38.5. The highest BCUT2D eigenvalue weighted by molar-refractivity contribution is 6.02. The number of likely N-dealkylation sites (N-methyl/N-ethyl adjacent to an activating group) is 2. The summed E-state index contributed by atoms with van der Waals surface area (Å²) >= 11 is 0. The number of fused-ring (bicyclic) bond motifs is 2. The second kappa shape index (κ2) is 23.0. The standard InChI is InChI=1S/C23H16O6.2C17H22NO/c24-20-16(14-7-3-1-5-12(14)9-18(20)22(26)27)11-17-15-8-4-2-6-13(15)10-19(21(17)25)23(28)29;2*1-18(2,15-16-9-5-3-6-10-16)13-14-19-17-11-7-4-8-12-17/h1-10,24-25H,11H2,(H,26,27)(H,28,29);2*3-12H,13-15H2,1-2H3/q;2*+1/p-2. The normalized spacial score (nSPS) is 11.2. The fourth-order valence-corrected chi connectivity index (χ4v) is 7.82. The molecule has 8 aromatic rings. The molecule has 10 heteroatoms. The first-order chi connectivity index (χ1) is 32.2. The number of carboxylic acid groups (broad SMARTS) is 2. The summed E-state index contributed by atoms with van der Waals surface area (Å²) in [5.74, 6) is -2.17. The molecular weight excluding hydrogens is 841 g/mol. The first-order valence-corrected chi connectivity index (χ1v) is 22.2. The molecule has 2 N–H and O–H groups in total. The first-order valence-electron chi connectivity index (χ1n) is 22.2. The molecule has 0 bridgehead atoms. The summed E-state index contributed by atoms with van der Waals surface area (Å²) in [7, 11) is 8.95. The number of hydrogen-bond acceptors (Lipinski definition) is 6. The maximum atomic E-state index is 12.9. The third-order valence-electron chi connectivity index (χ3n) is 11.3. The van der Waals surface area contributed by atoms with Gasteiger partial charge in [0.15, 0.2) is 0 Å². The highest BCUT2D eigenvalue weighted by atomic mass is 16.5. The molecule has 0 spiro atoms. The Morgan fingerprint density at radius 2 is 0.776 bits per heavy atom. The van der Waals surface area contributed by atoms with Gasteiger partial charge in [-0.05, 0) is 75.5 Å². The molecule has 67 heavy (non-hydrogen) atoms. The van der Waals surface area contributed by atoms with Crippen LogP contribution < -0.4 is 19.7 Å². The first kappa shape index (κ1) is 48.8. The van der Waals surface area contributed by atoms with Crippen LogP contribution in [-0.4, -0.2) is 85.6 Å². The van der Waals surface area contributed by atoms with Crippen molar-refractivity contribution in [2.75, 3.05) is 54.5 Å². The summed E-state index contributed by atoms with van der Waals surface area (Å²) in [4.78, 5) is 23.1. The van der Waals surface area contributed by atoms with Gasteiger partial charge in [0.1, 0.15) is 50.9 Å². The lowest BCUT2D eigenvalue weighted by Crippen LogP contribution is -2.41. The zero-order chi connectivity index (χ0) is 47.8. The molecular formula is C57H58N2O8. The van der Waals surface area contributed by atoms with Crippen LogP contribution >= 0.6 is 0 Å². The van der Waals surface area contributed by atoms with E-state index in [9.17, 15) is 30.0 Å². The van der Waals surface area contributed by atoms with Crippen LogP contribution in [0.3, 0.4) is 0 Å². The lowest BCUT2D eigenvalue weighted by Gasteiger charge is -2.29. The molecule has 10 nitrogen and oxygen atoms in total. The molecule has 0 unspecified atom stereocenters. The van der Waals surface area contributed by atoms with E-state index >= 15 is 0 Å². The molecule has 0 fully saturated rings. The van der Waals surface area contributed by atoms with E-state index in [0.717, 1.165) is 59.9 Å². The molecule has 8 rings (SSSR count). The van der Waals surface area contributed by atoms with Gasteiger partial charge >= 0.3 is 11.9 Å². The second-order valence-electron chi connectivity index (χ2n) is 17.6. The molecule has 0 atom stereocenters. The third kappa shape index (κ3) is 14.2. The summed E-state index contributed by atoms with van der Waals surface area (Å²) < 4.78 is 13.4. The van der Waals surface area contributed by atoms with Crippen molar-refractivity contribution < 1.29 is 48.5 Å². The average molecular weight is 899 g/mol. The van der Waals surface area contributed by atoms with Gasteiger partial charge in [0.25, 0.3) is 0 Å². The van der Waals surface area contributed by atoms with E-state index < -0.39 is 23.4 Å². The molecule has 0 aromatic heterocycles. The minimum Gasteiger partial charge on any atom is -0.872 e. The van der Waals surface area contributed by atoms with Crippen molar-refractivity contribution in [2.45, 2.75) is 19.5 Å². The highest BCUT2D eigenvalue weighted by Crippen LogP contribution is 2.37. The van der Waals surface area contributed by atoms with Crippen LogP contribution in [0.4, 0.5) is 0 Å². The van der Waals surface area contributed by atoms with Crippen LogP contribution in [-0.2, 0) is 19.5 Å². The van der Waals surface area contributed by atoms with Crippen LogP contribution in [0.5, 0.6) is 23.0 Å². The Balaban J connectivity index is 0.000000172. The zero-order valence-corrected chi connectivity index (χ0v) is 38.5. The van der Waals surface area contributed by atoms with Gasteiger partial charge in [-0.3, -0.25) is 0 Å². The quantitative estimate of drug-likeness (QED) is 0.0915. The third-order valence-corrected chi connectivity index (χ3v) is 11.3. The SMILES string of the molecule is C[N+](C)(CCOc1ccccc1)Cc1ccccc1.C[N+](C)(CCOc1ccccc1)Cc1ccccc1.O=C(O)c1cc2ccccc2c(Cc2c([O-])c(C(=O)O)cc3ccccc23)c1[O-]. The van der Waals surface area contributed by atoms with Crippen LogP contribution in [0, 0.1) is 0 Å². The number of benzene rings is 8. The summed E-state index contributed by atoms with van der Waals surface area (Å²) in [6.45, 7) is 5.51. The number of quaternary nitrogens is 2. The number of nitrogens with zero attached hydrogens (tertiary/aromatic N) is 2. The monoisotopic (exact) mass is 898 g/mol. The Morgan fingerprint density at radius 3 is 1.12 bits per heavy atom. The molecule has 0 aliphatic carbocycles. The van der Waals surface area contributed by atoms with Gasteiger partial charge in [0.05, 0.1) is 39.3 Å². The Hall–Kier alpha value is -7.66. The highest BCUT2D eigenvalue weighted by Gasteiger charge is 2.19. The van der Waals surface area contributed by atoms with Crippen molar-refractivity contribution in [1.29, 1.82) is 0 Å². The van der Waals surface area contributed by atoms with Gasteiger partial charge in [-0.2, -0.15) is 0 Å². The van der Waals surface area contributed by atoms with Gasteiger partial charge in [-0.25, -0.2) is 9.59 Å². The Labute approximate surface area is 393 Å². The Morgan fingerprint density at radius 1 is 0.463 bits per heavy atom. The number of hydrogen-bond donors (Lipinski definition) is 2. The van der Waals surface area contributed by atoms with Crippen molar-refractivity contribution in [2.24, 2.45) is 0 Å². The van der Waals surface area contributed by atoms with E-state index in [1.54, 1.807) is 48.5 Å². The van der Waals surface area contributed by atoms with Gasteiger partial charge in [-0.15, -0.1) is 0 Å². The van der Waals surface area contributed by atoms with E-state index in [-0.39, 0.29) is 28.7 Å². The van der Waals surface area contributed by atoms with E-state index in [0.29, 0.717) is 21.5 Å². The number of aromatic carboxylic acids is 2. The summed E-state index contributed by atoms with van der Waals surface area (Å²) in [5.41, 5.74) is 2.28. The van der Waals surface area contributed by atoms with Crippen molar-refractivity contribution in [3.8, 4) is 23.0 Å².